The largest absolute Gasteiger partial charge is 0.314 e. The van der Waals surface area contributed by atoms with Crippen LogP contribution in [0.5, 0.6) is 0 Å². The Labute approximate surface area is 93.8 Å². The lowest BCUT2D eigenvalue weighted by molar-refractivity contribution is -0.121. The van der Waals surface area contributed by atoms with Crippen molar-refractivity contribution in [3.8, 4) is 0 Å². The van der Waals surface area contributed by atoms with Gasteiger partial charge in [0.05, 0.1) is 0 Å². The Morgan fingerprint density at radius 1 is 1.27 bits per heavy atom. The fraction of sp³-hybridized carbons (Fsp3) is 0.923. The summed E-state index contributed by atoms with van der Waals surface area (Å²) in [5.74, 6) is 0.927. The van der Waals surface area contributed by atoms with Gasteiger partial charge in [-0.3, -0.25) is 4.79 Å². The second-order valence-corrected chi connectivity index (χ2v) is 5.40. The Hall–Kier alpha value is -0.370. The first-order chi connectivity index (χ1) is 7.08. The zero-order valence-electron chi connectivity index (χ0n) is 10.4. The SMILES string of the molecule is CNC1(CC(=O)CC(C)C)CCCCC1. The van der Waals surface area contributed by atoms with Crippen LogP contribution in [0, 0.1) is 5.92 Å². The van der Waals surface area contributed by atoms with E-state index in [-0.39, 0.29) is 5.54 Å². The summed E-state index contributed by atoms with van der Waals surface area (Å²) in [7, 11) is 2.01. The van der Waals surface area contributed by atoms with Crippen LogP contribution in [0.25, 0.3) is 0 Å². The van der Waals surface area contributed by atoms with Gasteiger partial charge in [-0.05, 0) is 25.8 Å². The lowest BCUT2D eigenvalue weighted by Gasteiger charge is -2.36. The smallest absolute Gasteiger partial charge is 0.135 e. The van der Waals surface area contributed by atoms with Crippen molar-refractivity contribution in [1.29, 1.82) is 0 Å². The summed E-state index contributed by atoms with van der Waals surface area (Å²) in [4.78, 5) is 11.8. The number of hydrogen-bond acceptors (Lipinski definition) is 2. The predicted molar refractivity (Wildman–Crippen MR) is 64.0 cm³/mol. The molecule has 0 amide bonds. The quantitative estimate of drug-likeness (QED) is 0.757. The van der Waals surface area contributed by atoms with Gasteiger partial charge in [0.25, 0.3) is 0 Å². The van der Waals surface area contributed by atoms with Crippen molar-refractivity contribution in [3.63, 3.8) is 0 Å². The number of Topliss-reactive ketones (excluding diaryl/α,β-unsaturated/α-hetero) is 1. The average Bonchev–Trinajstić information content (AvgIpc) is 2.17. The topological polar surface area (TPSA) is 29.1 Å². The van der Waals surface area contributed by atoms with Crippen molar-refractivity contribution < 1.29 is 4.79 Å². The van der Waals surface area contributed by atoms with E-state index in [1.54, 1.807) is 0 Å². The standard InChI is InChI=1S/C13H25NO/c1-11(2)9-12(15)10-13(14-3)7-5-4-6-8-13/h11,14H,4-10H2,1-3H3. The molecule has 0 spiro atoms. The highest BCUT2D eigenvalue weighted by Gasteiger charge is 2.32. The molecule has 1 aliphatic carbocycles. The van der Waals surface area contributed by atoms with Gasteiger partial charge in [-0.15, -0.1) is 0 Å². The minimum atomic E-state index is 0.129. The second kappa shape index (κ2) is 5.64. The van der Waals surface area contributed by atoms with Crippen molar-refractivity contribution in [1.82, 2.24) is 5.32 Å². The van der Waals surface area contributed by atoms with Crippen molar-refractivity contribution in [3.05, 3.63) is 0 Å². The molecule has 1 aliphatic rings. The molecule has 1 saturated carbocycles. The van der Waals surface area contributed by atoms with Crippen molar-refractivity contribution in [2.45, 2.75) is 64.3 Å². The van der Waals surface area contributed by atoms with Crippen LogP contribution in [-0.2, 0) is 4.79 Å². The van der Waals surface area contributed by atoms with Crippen LogP contribution in [0.15, 0.2) is 0 Å². The van der Waals surface area contributed by atoms with Crippen LogP contribution >= 0.6 is 0 Å². The molecule has 0 aromatic rings. The molecule has 0 radical (unpaired) electrons. The van der Waals surface area contributed by atoms with Crippen LogP contribution in [0.2, 0.25) is 0 Å². The average molecular weight is 211 g/mol. The van der Waals surface area contributed by atoms with Gasteiger partial charge in [-0.1, -0.05) is 33.1 Å². The number of hydrogen-bond donors (Lipinski definition) is 1. The maximum atomic E-state index is 11.8. The van der Waals surface area contributed by atoms with Crippen LogP contribution in [0.3, 0.4) is 0 Å². The Morgan fingerprint density at radius 3 is 2.33 bits per heavy atom. The van der Waals surface area contributed by atoms with Gasteiger partial charge in [0.2, 0.25) is 0 Å². The molecule has 0 aliphatic heterocycles. The molecule has 2 heteroatoms. The third-order valence-corrected chi connectivity index (χ3v) is 3.51. The lowest BCUT2D eigenvalue weighted by Crippen LogP contribution is -2.46. The van der Waals surface area contributed by atoms with Crippen molar-refractivity contribution >= 4 is 5.78 Å². The summed E-state index contributed by atoms with van der Waals surface area (Å²) in [6.07, 6.45) is 7.71. The molecule has 0 heterocycles. The first-order valence-corrected chi connectivity index (χ1v) is 6.28. The van der Waals surface area contributed by atoms with E-state index in [2.05, 4.69) is 19.2 Å². The molecule has 0 atom stereocenters. The van der Waals surface area contributed by atoms with E-state index < -0.39 is 0 Å². The third-order valence-electron chi connectivity index (χ3n) is 3.51. The molecule has 1 rings (SSSR count). The first kappa shape index (κ1) is 12.7. The van der Waals surface area contributed by atoms with E-state index in [1.165, 1.54) is 32.1 Å². The van der Waals surface area contributed by atoms with Crippen LogP contribution in [0.4, 0.5) is 0 Å². The van der Waals surface area contributed by atoms with Gasteiger partial charge < -0.3 is 5.32 Å². The molecule has 15 heavy (non-hydrogen) atoms. The summed E-state index contributed by atoms with van der Waals surface area (Å²) >= 11 is 0. The summed E-state index contributed by atoms with van der Waals surface area (Å²) in [6.45, 7) is 4.23. The predicted octanol–water partition coefficient (Wildman–Crippen LogP) is 2.91. The lowest BCUT2D eigenvalue weighted by atomic mass is 9.77. The van der Waals surface area contributed by atoms with E-state index >= 15 is 0 Å². The maximum absolute atomic E-state index is 11.8. The van der Waals surface area contributed by atoms with Crippen LogP contribution < -0.4 is 5.32 Å². The highest BCUT2D eigenvalue weighted by molar-refractivity contribution is 5.79. The fourth-order valence-electron chi connectivity index (χ4n) is 2.65. The minimum Gasteiger partial charge on any atom is -0.314 e. The molecule has 0 aromatic carbocycles. The van der Waals surface area contributed by atoms with Crippen molar-refractivity contribution in [2.75, 3.05) is 7.05 Å². The molecule has 0 aromatic heterocycles. The van der Waals surface area contributed by atoms with Gasteiger partial charge >= 0.3 is 0 Å². The Kier molecular flexibility index (Phi) is 4.78. The van der Waals surface area contributed by atoms with Crippen LogP contribution in [-0.4, -0.2) is 18.4 Å². The molecule has 2 nitrogen and oxygen atoms in total. The molecule has 0 bridgehead atoms. The summed E-state index contributed by atoms with van der Waals surface area (Å²) in [6, 6.07) is 0. The van der Waals surface area contributed by atoms with Crippen molar-refractivity contribution in [2.24, 2.45) is 5.92 Å². The number of ketones is 1. The first-order valence-electron chi connectivity index (χ1n) is 6.28. The molecular formula is C13H25NO. The van der Waals surface area contributed by atoms with Gasteiger partial charge in [0, 0.05) is 18.4 Å². The maximum Gasteiger partial charge on any atom is 0.135 e. The summed E-state index contributed by atoms with van der Waals surface area (Å²) in [5, 5.41) is 3.40. The van der Waals surface area contributed by atoms with Gasteiger partial charge in [0.1, 0.15) is 5.78 Å². The van der Waals surface area contributed by atoms with Gasteiger partial charge in [-0.25, -0.2) is 0 Å². The Bertz CT molecular complexity index is 205. The van der Waals surface area contributed by atoms with E-state index in [0.717, 1.165) is 12.8 Å². The molecule has 1 fully saturated rings. The molecular weight excluding hydrogens is 186 g/mol. The molecule has 88 valence electrons. The number of rotatable bonds is 5. The minimum absolute atomic E-state index is 0.129. The summed E-state index contributed by atoms with van der Waals surface area (Å²) < 4.78 is 0. The number of carbonyl (C=O) groups is 1. The zero-order valence-corrected chi connectivity index (χ0v) is 10.4. The Balaban J connectivity index is 2.47. The van der Waals surface area contributed by atoms with E-state index in [4.69, 9.17) is 0 Å². The highest BCUT2D eigenvalue weighted by Crippen LogP contribution is 2.31. The van der Waals surface area contributed by atoms with Gasteiger partial charge in [-0.2, -0.15) is 0 Å². The van der Waals surface area contributed by atoms with Gasteiger partial charge in [0.15, 0.2) is 0 Å². The monoisotopic (exact) mass is 211 g/mol. The fourth-order valence-corrected chi connectivity index (χ4v) is 2.65. The molecule has 0 saturated heterocycles. The molecule has 0 unspecified atom stereocenters. The zero-order chi connectivity index (χ0) is 11.3. The van der Waals surface area contributed by atoms with E-state index in [9.17, 15) is 4.79 Å². The number of nitrogens with one attached hydrogen (secondary N) is 1. The Morgan fingerprint density at radius 2 is 1.87 bits per heavy atom. The third kappa shape index (κ3) is 3.94. The number of carbonyl (C=O) groups excluding carboxylic acids is 1. The molecule has 1 N–H and O–H groups in total. The van der Waals surface area contributed by atoms with E-state index in [1.807, 2.05) is 7.05 Å². The second-order valence-electron chi connectivity index (χ2n) is 5.40. The van der Waals surface area contributed by atoms with E-state index in [0.29, 0.717) is 11.7 Å². The highest BCUT2D eigenvalue weighted by atomic mass is 16.1. The summed E-state index contributed by atoms with van der Waals surface area (Å²) in [5.41, 5.74) is 0.129. The van der Waals surface area contributed by atoms with Crippen LogP contribution in [0.1, 0.15) is 58.8 Å². The normalized spacial score (nSPS) is 20.5.